The summed E-state index contributed by atoms with van der Waals surface area (Å²) < 4.78 is 10.4. The molecule has 0 bridgehead atoms. The monoisotopic (exact) mass is 250 g/mol. The van der Waals surface area contributed by atoms with Crippen LogP contribution in [-0.4, -0.2) is 18.7 Å². The van der Waals surface area contributed by atoms with Crippen LogP contribution >= 0.6 is 0 Å². The van der Waals surface area contributed by atoms with Crippen LogP contribution in [0.5, 0.6) is 11.5 Å². The normalized spacial score (nSPS) is 14.3. The fourth-order valence-corrected chi connectivity index (χ4v) is 1.76. The number of hydrogen-bond donors (Lipinski definition) is 2. The van der Waals surface area contributed by atoms with Gasteiger partial charge >= 0.3 is 0 Å². The molecule has 0 saturated carbocycles. The van der Waals surface area contributed by atoms with Crippen LogP contribution in [0.4, 0.5) is 5.69 Å². The van der Waals surface area contributed by atoms with Crippen molar-refractivity contribution in [2.24, 2.45) is 5.73 Å². The minimum absolute atomic E-state index is 0.165. The first kappa shape index (κ1) is 12.7. The maximum atomic E-state index is 11.8. The molecule has 0 aromatic heterocycles. The zero-order valence-electron chi connectivity index (χ0n) is 10.4. The molecule has 18 heavy (non-hydrogen) atoms. The molecular weight excluding hydrogens is 232 g/mol. The first-order chi connectivity index (χ1) is 8.70. The van der Waals surface area contributed by atoms with Gasteiger partial charge in [0.1, 0.15) is 0 Å². The lowest BCUT2D eigenvalue weighted by atomic mass is 10.1. The van der Waals surface area contributed by atoms with Crippen molar-refractivity contribution in [2.75, 3.05) is 12.1 Å². The Kier molecular flexibility index (Phi) is 4.04. The van der Waals surface area contributed by atoms with E-state index in [1.54, 1.807) is 18.2 Å². The van der Waals surface area contributed by atoms with E-state index in [0.29, 0.717) is 23.6 Å². The molecule has 1 aliphatic heterocycles. The molecule has 1 aromatic carbocycles. The minimum Gasteiger partial charge on any atom is -0.454 e. The maximum Gasteiger partial charge on any atom is 0.241 e. The Labute approximate surface area is 106 Å². The van der Waals surface area contributed by atoms with Gasteiger partial charge in [0.2, 0.25) is 12.7 Å². The minimum atomic E-state index is -0.463. The lowest BCUT2D eigenvalue weighted by Crippen LogP contribution is -2.35. The van der Waals surface area contributed by atoms with Crippen molar-refractivity contribution < 1.29 is 14.3 Å². The molecule has 1 aliphatic rings. The van der Waals surface area contributed by atoms with Crippen LogP contribution in [-0.2, 0) is 4.79 Å². The number of ether oxygens (including phenoxy) is 2. The Morgan fingerprint density at radius 2 is 2.22 bits per heavy atom. The third kappa shape index (κ3) is 2.92. The Hall–Kier alpha value is -1.75. The average molecular weight is 250 g/mol. The Morgan fingerprint density at radius 1 is 1.44 bits per heavy atom. The van der Waals surface area contributed by atoms with Gasteiger partial charge in [0.05, 0.1) is 6.04 Å². The highest BCUT2D eigenvalue weighted by atomic mass is 16.7. The van der Waals surface area contributed by atoms with E-state index in [1.807, 2.05) is 0 Å². The van der Waals surface area contributed by atoms with Gasteiger partial charge in [-0.2, -0.15) is 0 Å². The molecular formula is C13H18N2O3. The van der Waals surface area contributed by atoms with Crippen LogP contribution in [0.15, 0.2) is 18.2 Å². The van der Waals surface area contributed by atoms with E-state index in [-0.39, 0.29) is 12.7 Å². The van der Waals surface area contributed by atoms with Crippen molar-refractivity contribution in [1.82, 2.24) is 0 Å². The van der Waals surface area contributed by atoms with E-state index in [0.717, 1.165) is 12.8 Å². The van der Waals surface area contributed by atoms with Gasteiger partial charge in [0.25, 0.3) is 0 Å². The summed E-state index contributed by atoms with van der Waals surface area (Å²) in [7, 11) is 0. The summed E-state index contributed by atoms with van der Waals surface area (Å²) in [6.07, 6.45) is 2.69. The highest BCUT2D eigenvalue weighted by molar-refractivity contribution is 5.94. The molecule has 5 heteroatoms. The van der Waals surface area contributed by atoms with Gasteiger partial charge < -0.3 is 20.5 Å². The van der Waals surface area contributed by atoms with Gasteiger partial charge in [-0.05, 0) is 18.6 Å². The van der Waals surface area contributed by atoms with Crippen molar-refractivity contribution in [3.05, 3.63) is 18.2 Å². The summed E-state index contributed by atoms with van der Waals surface area (Å²) >= 11 is 0. The molecule has 3 N–H and O–H groups in total. The van der Waals surface area contributed by atoms with E-state index in [9.17, 15) is 4.79 Å². The quantitative estimate of drug-likeness (QED) is 0.836. The molecule has 0 unspecified atom stereocenters. The number of hydrogen-bond acceptors (Lipinski definition) is 4. The van der Waals surface area contributed by atoms with E-state index < -0.39 is 6.04 Å². The second-order valence-electron chi connectivity index (χ2n) is 4.31. The fraction of sp³-hybridized carbons (Fsp3) is 0.462. The predicted molar refractivity (Wildman–Crippen MR) is 68.7 cm³/mol. The lowest BCUT2D eigenvalue weighted by Gasteiger charge is -2.12. The Balaban J connectivity index is 1.94. The Morgan fingerprint density at radius 3 is 3.00 bits per heavy atom. The number of rotatable bonds is 5. The summed E-state index contributed by atoms with van der Waals surface area (Å²) in [6, 6.07) is 4.83. The molecule has 1 heterocycles. The van der Waals surface area contributed by atoms with Gasteiger partial charge in [-0.1, -0.05) is 19.8 Å². The molecule has 0 fully saturated rings. The third-order valence-electron chi connectivity index (χ3n) is 2.85. The van der Waals surface area contributed by atoms with Gasteiger partial charge in [-0.3, -0.25) is 4.79 Å². The van der Waals surface area contributed by atoms with E-state index >= 15 is 0 Å². The lowest BCUT2D eigenvalue weighted by molar-refractivity contribution is -0.117. The SMILES string of the molecule is CCCC[C@H](N)C(=O)Nc1ccc2c(c1)OCO2. The highest BCUT2D eigenvalue weighted by Gasteiger charge is 2.16. The fourth-order valence-electron chi connectivity index (χ4n) is 1.76. The summed E-state index contributed by atoms with van der Waals surface area (Å²) in [5.74, 6) is 1.18. The first-order valence-corrected chi connectivity index (χ1v) is 6.17. The number of fused-ring (bicyclic) bond motifs is 1. The first-order valence-electron chi connectivity index (χ1n) is 6.17. The number of amides is 1. The number of carbonyl (C=O) groups excluding carboxylic acids is 1. The zero-order chi connectivity index (χ0) is 13.0. The third-order valence-corrected chi connectivity index (χ3v) is 2.85. The molecule has 5 nitrogen and oxygen atoms in total. The second kappa shape index (κ2) is 5.73. The Bertz CT molecular complexity index is 434. The van der Waals surface area contributed by atoms with Gasteiger partial charge in [0, 0.05) is 11.8 Å². The summed E-state index contributed by atoms with van der Waals surface area (Å²) in [4.78, 5) is 11.8. The van der Waals surface area contributed by atoms with Crippen LogP contribution in [0.2, 0.25) is 0 Å². The van der Waals surface area contributed by atoms with Crippen molar-refractivity contribution in [3.63, 3.8) is 0 Å². The summed E-state index contributed by atoms with van der Waals surface area (Å²) in [5.41, 5.74) is 6.47. The highest BCUT2D eigenvalue weighted by Crippen LogP contribution is 2.34. The molecule has 1 amide bonds. The van der Waals surface area contributed by atoms with Crippen molar-refractivity contribution in [1.29, 1.82) is 0 Å². The van der Waals surface area contributed by atoms with E-state index in [4.69, 9.17) is 15.2 Å². The number of unbranched alkanes of at least 4 members (excludes halogenated alkanes) is 1. The van der Waals surface area contributed by atoms with Crippen molar-refractivity contribution in [3.8, 4) is 11.5 Å². The number of benzene rings is 1. The van der Waals surface area contributed by atoms with Gasteiger partial charge in [0.15, 0.2) is 11.5 Å². The van der Waals surface area contributed by atoms with E-state index in [1.165, 1.54) is 0 Å². The molecule has 1 aromatic rings. The van der Waals surface area contributed by atoms with Crippen molar-refractivity contribution in [2.45, 2.75) is 32.2 Å². The number of anilines is 1. The smallest absolute Gasteiger partial charge is 0.241 e. The number of nitrogens with two attached hydrogens (primary N) is 1. The molecule has 2 rings (SSSR count). The summed E-state index contributed by atoms with van der Waals surface area (Å²) in [5, 5.41) is 2.78. The second-order valence-corrected chi connectivity index (χ2v) is 4.31. The maximum absolute atomic E-state index is 11.8. The predicted octanol–water partition coefficient (Wildman–Crippen LogP) is 1.87. The molecule has 98 valence electrons. The van der Waals surface area contributed by atoms with Crippen LogP contribution in [0.1, 0.15) is 26.2 Å². The average Bonchev–Trinajstić information content (AvgIpc) is 2.83. The molecule has 0 aliphatic carbocycles. The van der Waals surface area contributed by atoms with Gasteiger partial charge in [-0.15, -0.1) is 0 Å². The van der Waals surface area contributed by atoms with E-state index in [2.05, 4.69) is 12.2 Å². The topological polar surface area (TPSA) is 73.6 Å². The number of nitrogens with one attached hydrogen (secondary N) is 1. The molecule has 0 saturated heterocycles. The number of carbonyl (C=O) groups is 1. The van der Waals surface area contributed by atoms with Crippen molar-refractivity contribution >= 4 is 11.6 Å². The summed E-state index contributed by atoms with van der Waals surface area (Å²) in [6.45, 7) is 2.30. The molecule has 1 atom stereocenters. The molecule has 0 spiro atoms. The van der Waals surface area contributed by atoms with Crippen LogP contribution in [0, 0.1) is 0 Å². The standard InChI is InChI=1S/C13H18N2O3/c1-2-3-4-10(14)13(16)15-9-5-6-11-12(7-9)18-8-17-11/h5-7,10H,2-4,8,14H2,1H3,(H,15,16)/t10-/m0/s1. The van der Waals surface area contributed by atoms with Crippen LogP contribution < -0.4 is 20.5 Å². The largest absolute Gasteiger partial charge is 0.454 e. The van der Waals surface area contributed by atoms with Gasteiger partial charge in [-0.25, -0.2) is 0 Å². The zero-order valence-corrected chi connectivity index (χ0v) is 10.4. The molecule has 0 radical (unpaired) electrons. The van der Waals surface area contributed by atoms with Crippen LogP contribution in [0.25, 0.3) is 0 Å². The van der Waals surface area contributed by atoms with Crippen LogP contribution in [0.3, 0.4) is 0 Å².